The zero-order valence-corrected chi connectivity index (χ0v) is 19.5. The third-order valence-corrected chi connectivity index (χ3v) is 6.26. The third-order valence-electron chi connectivity index (χ3n) is 4.90. The second-order valence-electron chi connectivity index (χ2n) is 7.56. The number of amides is 1. The van der Waals surface area contributed by atoms with Gasteiger partial charge in [-0.3, -0.25) is 4.79 Å². The van der Waals surface area contributed by atoms with Crippen LogP contribution in [0.1, 0.15) is 37.0 Å². The van der Waals surface area contributed by atoms with Gasteiger partial charge in [-0.25, -0.2) is 14.6 Å². The van der Waals surface area contributed by atoms with Gasteiger partial charge in [0.05, 0.1) is 18.1 Å². The average Bonchev–Trinajstić information content (AvgIpc) is 3.37. The first-order valence-corrected chi connectivity index (χ1v) is 11.9. The Morgan fingerprint density at radius 3 is 2.80 bits per heavy atom. The molecule has 0 spiro atoms. The van der Waals surface area contributed by atoms with Crippen LogP contribution < -0.4 is 10.2 Å². The lowest BCUT2D eigenvalue weighted by atomic mass is 10.2. The van der Waals surface area contributed by atoms with E-state index in [2.05, 4.69) is 45.1 Å². The van der Waals surface area contributed by atoms with Gasteiger partial charge >= 0.3 is 0 Å². The number of anilines is 1. The molecule has 1 aliphatic heterocycles. The van der Waals surface area contributed by atoms with E-state index in [-0.39, 0.29) is 5.91 Å². The highest BCUT2D eigenvalue weighted by molar-refractivity contribution is 9.10. The molecule has 0 saturated carbocycles. The van der Waals surface area contributed by atoms with E-state index >= 15 is 0 Å². The van der Waals surface area contributed by atoms with Crippen molar-refractivity contribution in [1.82, 2.24) is 25.1 Å². The molecule has 3 heterocycles. The molecule has 2 aromatic heterocycles. The monoisotopic (exact) mass is 488 g/mol. The second-order valence-corrected chi connectivity index (χ2v) is 10.0. The Kier molecular flexibility index (Phi) is 6.58. The first kappa shape index (κ1) is 21.1. The highest BCUT2D eigenvalue weighted by Gasteiger charge is 2.21. The lowest BCUT2D eigenvalue weighted by Gasteiger charge is -2.18. The number of fused-ring (bicyclic) bond motifs is 1. The highest BCUT2D eigenvalue weighted by Crippen LogP contribution is 2.30. The van der Waals surface area contributed by atoms with Gasteiger partial charge in [-0.2, -0.15) is 5.10 Å². The van der Waals surface area contributed by atoms with Crippen molar-refractivity contribution in [3.63, 3.8) is 0 Å². The van der Waals surface area contributed by atoms with Crippen LogP contribution in [0.15, 0.2) is 40.1 Å². The zero-order chi connectivity index (χ0) is 21.1. The maximum absolute atomic E-state index is 12.4. The Morgan fingerprint density at radius 2 is 2.07 bits per heavy atom. The Bertz CT molecular complexity index is 1050. The Morgan fingerprint density at radius 1 is 1.27 bits per heavy atom. The summed E-state index contributed by atoms with van der Waals surface area (Å²) in [5, 5.41) is 9.67. The van der Waals surface area contributed by atoms with Crippen LogP contribution in [-0.2, 0) is 6.54 Å². The molecule has 30 heavy (non-hydrogen) atoms. The Labute approximate surface area is 188 Å². The zero-order valence-electron chi connectivity index (χ0n) is 17.1. The molecule has 1 amide bonds. The lowest BCUT2D eigenvalue weighted by molar-refractivity contribution is 0.0952. The van der Waals surface area contributed by atoms with Gasteiger partial charge in [-0.1, -0.05) is 47.6 Å². The van der Waals surface area contributed by atoms with E-state index in [9.17, 15) is 4.79 Å². The molecule has 1 aromatic carbocycles. The largest absolute Gasteiger partial charge is 0.356 e. The maximum atomic E-state index is 12.4. The van der Waals surface area contributed by atoms with Crippen LogP contribution in [0.5, 0.6) is 0 Å². The van der Waals surface area contributed by atoms with Gasteiger partial charge in [0.15, 0.2) is 10.8 Å². The van der Waals surface area contributed by atoms with Crippen molar-refractivity contribution in [1.29, 1.82) is 0 Å². The van der Waals surface area contributed by atoms with Crippen molar-refractivity contribution < 1.29 is 4.79 Å². The van der Waals surface area contributed by atoms with E-state index in [0.717, 1.165) is 39.6 Å². The van der Waals surface area contributed by atoms with Crippen LogP contribution in [0.3, 0.4) is 0 Å². The van der Waals surface area contributed by atoms with Crippen molar-refractivity contribution in [2.75, 3.05) is 24.5 Å². The molecule has 0 unspecified atom stereocenters. The van der Waals surface area contributed by atoms with Gasteiger partial charge in [0.2, 0.25) is 0 Å². The Hall–Kier alpha value is -2.13. The van der Waals surface area contributed by atoms with Crippen LogP contribution in [0.4, 0.5) is 5.82 Å². The molecular weight excluding hydrogens is 464 g/mol. The molecule has 0 bridgehead atoms. The number of benzene rings is 1. The number of aromatic nitrogens is 4. The van der Waals surface area contributed by atoms with Crippen LogP contribution in [0.25, 0.3) is 11.0 Å². The third kappa shape index (κ3) is 4.78. The van der Waals surface area contributed by atoms with Crippen LogP contribution in [0.2, 0.25) is 0 Å². The quantitative estimate of drug-likeness (QED) is 0.398. The second kappa shape index (κ2) is 9.34. The fourth-order valence-electron chi connectivity index (χ4n) is 3.53. The summed E-state index contributed by atoms with van der Waals surface area (Å²) < 4.78 is 2.75. The van der Waals surface area contributed by atoms with Crippen molar-refractivity contribution in [3.8, 4) is 0 Å². The van der Waals surface area contributed by atoms with Crippen molar-refractivity contribution in [3.05, 3.63) is 40.5 Å². The topological polar surface area (TPSA) is 75.9 Å². The molecule has 0 atom stereocenters. The van der Waals surface area contributed by atoms with Crippen molar-refractivity contribution >= 4 is 50.5 Å². The molecular formula is C21H25BrN6OS. The van der Waals surface area contributed by atoms with Gasteiger partial charge in [-0.05, 0) is 31.0 Å². The number of carbonyl (C=O) groups excluding carboxylic acids is 1. The fourth-order valence-corrected chi connectivity index (χ4v) is 4.62. The van der Waals surface area contributed by atoms with E-state index in [1.807, 2.05) is 29.1 Å². The molecule has 3 aromatic rings. The summed E-state index contributed by atoms with van der Waals surface area (Å²) in [4.78, 5) is 24.3. The van der Waals surface area contributed by atoms with Crippen LogP contribution >= 0.6 is 27.7 Å². The number of thioether (sulfide) groups is 1. The van der Waals surface area contributed by atoms with Gasteiger partial charge in [0.1, 0.15) is 5.82 Å². The first-order valence-electron chi connectivity index (χ1n) is 10.2. The predicted molar refractivity (Wildman–Crippen MR) is 124 cm³/mol. The SMILES string of the molecule is CC(C)Sc1nc(N2CCCC2)c2cnn(CCNC(=O)c3cccc(Br)c3)c2n1. The summed E-state index contributed by atoms with van der Waals surface area (Å²) in [5.41, 5.74) is 1.45. The van der Waals surface area contributed by atoms with E-state index in [4.69, 9.17) is 9.97 Å². The van der Waals surface area contributed by atoms with Crippen molar-refractivity contribution in [2.45, 2.75) is 43.6 Å². The smallest absolute Gasteiger partial charge is 0.251 e. The predicted octanol–water partition coefficient (Wildman–Crippen LogP) is 4.12. The summed E-state index contributed by atoms with van der Waals surface area (Å²) >= 11 is 5.06. The molecule has 7 nitrogen and oxygen atoms in total. The number of nitrogens with one attached hydrogen (secondary N) is 1. The molecule has 1 N–H and O–H groups in total. The van der Waals surface area contributed by atoms with Gasteiger partial charge in [-0.15, -0.1) is 0 Å². The summed E-state index contributed by atoms with van der Waals surface area (Å²) in [7, 11) is 0. The number of carbonyl (C=O) groups is 1. The number of hydrogen-bond donors (Lipinski definition) is 1. The lowest BCUT2D eigenvalue weighted by Crippen LogP contribution is -2.27. The van der Waals surface area contributed by atoms with Gasteiger partial charge in [0.25, 0.3) is 5.91 Å². The maximum Gasteiger partial charge on any atom is 0.251 e. The van der Waals surface area contributed by atoms with Gasteiger partial charge in [0, 0.05) is 34.9 Å². The molecule has 1 saturated heterocycles. The molecule has 1 fully saturated rings. The minimum Gasteiger partial charge on any atom is -0.356 e. The number of nitrogens with zero attached hydrogens (tertiary/aromatic N) is 5. The van der Waals surface area contributed by atoms with E-state index < -0.39 is 0 Å². The number of rotatable bonds is 7. The molecule has 4 rings (SSSR count). The Balaban J connectivity index is 1.53. The van der Waals surface area contributed by atoms with Gasteiger partial charge < -0.3 is 10.2 Å². The molecule has 1 aliphatic rings. The summed E-state index contributed by atoms with van der Waals surface area (Å²) in [6.45, 7) is 7.34. The molecule has 9 heteroatoms. The normalized spacial score (nSPS) is 14.1. The minimum absolute atomic E-state index is 0.101. The summed E-state index contributed by atoms with van der Waals surface area (Å²) in [6, 6.07) is 7.36. The first-order chi connectivity index (χ1) is 14.5. The molecule has 158 valence electrons. The van der Waals surface area contributed by atoms with Crippen LogP contribution in [0, 0.1) is 0 Å². The van der Waals surface area contributed by atoms with E-state index in [1.54, 1.807) is 17.8 Å². The minimum atomic E-state index is -0.101. The highest BCUT2D eigenvalue weighted by atomic mass is 79.9. The van der Waals surface area contributed by atoms with Crippen molar-refractivity contribution in [2.24, 2.45) is 0 Å². The summed E-state index contributed by atoms with van der Waals surface area (Å²) in [6.07, 6.45) is 4.23. The fraction of sp³-hybridized carbons (Fsp3) is 0.429. The number of halogens is 1. The average molecular weight is 489 g/mol. The van der Waals surface area contributed by atoms with E-state index in [1.165, 1.54) is 12.8 Å². The standard InChI is InChI=1S/C21H25BrN6OS/c1-14(2)30-21-25-18(27-9-3-4-10-27)17-13-24-28(19(17)26-21)11-8-23-20(29)15-6-5-7-16(22)12-15/h5-7,12-14H,3-4,8-11H2,1-2H3,(H,23,29). The summed E-state index contributed by atoms with van der Waals surface area (Å²) in [5.74, 6) is 0.876. The van der Waals surface area contributed by atoms with E-state index in [0.29, 0.717) is 23.9 Å². The molecule has 0 aliphatic carbocycles. The number of hydrogen-bond acceptors (Lipinski definition) is 6. The van der Waals surface area contributed by atoms with Crippen LogP contribution in [-0.4, -0.2) is 50.5 Å². The molecule has 0 radical (unpaired) electrons.